The number of hydrogen-bond donors (Lipinski definition) is 1. The number of rotatable bonds is 0. The number of carboxylic acid groups (broad SMARTS) is 1. The zero-order chi connectivity index (χ0) is 12.1. The van der Waals surface area contributed by atoms with Crippen LogP contribution in [0.15, 0.2) is 38.3 Å². The summed E-state index contributed by atoms with van der Waals surface area (Å²) in [5.41, 5.74) is 0.00227. The SMILES string of the molecule is Cn1c(=O)oc(=O)c2ccccc21.O=CO. The number of aryl methyl sites for hydroxylation is 1. The molecule has 16 heavy (non-hydrogen) atoms. The van der Waals surface area contributed by atoms with Gasteiger partial charge in [0.05, 0.1) is 10.9 Å². The minimum atomic E-state index is -0.635. The maximum atomic E-state index is 11.2. The average molecular weight is 223 g/mol. The molecular formula is C10H9NO5. The van der Waals surface area contributed by atoms with Gasteiger partial charge in [-0.3, -0.25) is 9.36 Å². The fraction of sp³-hybridized carbons (Fsp3) is 0.100. The molecule has 2 rings (SSSR count). The van der Waals surface area contributed by atoms with Crippen LogP contribution in [0.1, 0.15) is 0 Å². The van der Waals surface area contributed by atoms with E-state index in [1.54, 1.807) is 31.3 Å². The Morgan fingerprint density at radius 2 is 1.88 bits per heavy atom. The van der Waals surface area contributed by atoms with Crippen LogP contribution in [0.5, 0.6) is 0 Å². The zero-order valence-electron chi connectivity index (χ0n) is 8.41. The summed E-state index contributed by atoms with van der Waals surface area (Å²) in [6.07, 6.45) is 0. The summed E-state index contributed by atoms with van der Waals surface area (Å²) < 4.78 is 5.78. The molecule has 6 heteroatoms. The van der Waals surface area contributed by atoms with Crippen LogP contribution >= 0.6 is 0 Å². The highest BCUT2D eigenvalue weighted by Crippen LogP contribution is 2.04. The predicted octanol–water partition coefficient (Wildman–Crippen LogP) is 0.192. The highest BCUT2D eigenvalue weighted by Gasteiger charge is 2.03. The Hall–Kier alpha value is -2.37. The van der Waals surface area contributed by atoms with Gasteiger partial charge in [0.15, 0.2) is 0 Å². The summed E-state index contributed by atoms with van der Waals surface area (Å²) in [6, 6.07) is 6.82. The molecule has 0 saturated carbocycles. The van der Waals surface area contributed by atoms with E-state index >= 15 is 0 Å². The largest absolute Gasteiger partial charge is 0.483 e. The molecule has 0 aliphatic heterocycles. The van der Waals surface area contributed by atoms with Crippen LogP contribution in [0.25, 0.3) is 10.9 Å². The number of para-hydroxylation sites is 1. The van der Waals surface area contributed by atoms with Crippen LogP contribution in [0.3, 0.4) is 0 Å². The van der Waals surface area contributed by atoms with Crippen LogP contribution in [-0.2, 0) is 11.8 Å². The van der Waals surface area contributed by atoms with E-state index in [0.29, 0.717) is 10.9 Å². The molecule has 84 valence electrons. The second-order valence-electron chi connectivity index (χ2n) is 2.84. The first-order valence-corrected chi connectivity index (χ1v) is 4.28. The molecule has 2 aromatic rings. The molecular weight excluding hydrogens is 214 g/mol. The third-order valence-electron chi connectivity index (χ3n) is 1.94. The quantitative estimate of drug-likeness (QED) is 0.644. The number of aromatic nitrogens is 1. The minimum Gasteiger partial charge on any atom is -0.483 e. The fourth-order valence-corrected chi connectivity index (χ4v) is 1.24. The maximum Gasteiger partial charge on any atom is 0.422 e. The van der Waals surface area contributed by atoms with Crippen LogP contribution < -0.4 is 11.4 Å². The lowest BCUT2D eigenvalue weighted by atomic mass is 10.2. The van der Waals surface area contributed by atoms with Gasteiger partial charge < -0.3 is 9.52 Å². The van der Waals surface area contributed by atoms with Gasteiger partial charge in [0, 0.05) is 7.05 Å². The van der Waals surface area contributed by atoms with Crippen molar-refractivity contribution in [3.05, 3.63) is 45.2 Å². The summed E-state index contributed by atoms with van der Waals surface area (Å²) in [5, 5.41) is 7.31. The first kappa shape index (κ1) is 11.7. The number of benzene rings is 1. The monoisotopic (exact) mass is 223 g/mol. The third kappa shape index (κ3) is 2.17. The molecule has 0 spiro atoms. The van der Waals surface area contributed by atoms with Gasteiger partial charge in [-0.15, -0.1) is 0 Å². The lowest BCUT2D eigenvalue weighted by Crippen LogP contribution is -2.22. The molecule has 0 aliphatic carbocycles. The second-order valence-corrected chi connectivity index (χ2v) is 2.84. The van der Waals surface area contributed by atoms with Gasteiger partial charge in [0.1, 0.15) is 0 Å². The number of fused-ring (bicyclic) bond motifs is 1. The maximum absolute atomic E-state index is 11.2. The van der Waals surface area contributed by atoms with E-state index < -0.39 is 11.4 Å². The summed E-state index contributed by atoms with van der Waals surface area (Å²) in [6.45, 7) is -0.250. The van der Waals surface area contributed by atoms with Gasteiger partial charge in [-0.25, -0.2) is 9.59 Å². The Morgan fingerprint density at radius 3 is 2.50 bits per heavy atom. The van der Waals surface area contributed by atoms with Gasteiger partial charge in [-0.2, -0.15) is 0 Å². The normalized spacial score (nSPS) is 9.31. The first-order chi connectivity index (χ1) is 7.61. The smallest absolute Gasteiger partial charge is 0.422 e. The van der Waals surface area contributed by atoms with Gasteiger partial charge in [-0.05, 0) is 12.1 Å². The van der Waals surface area contributed by atoms with E-state index in [2.05, 4.69) is 4.42 Å². The lowest BCUT2D eigenvalue weighted by molar-refractivity contribution is -0.122. The molecule has 0 aliphatic rings. The molecule has 1 aromatic carbocycles. The van der Waals surface area contributed by atoms with Crippen LogP contribution in [0.2, 0.25) is 0 Å². The Bertz CT molecular complexity index is 610. The van der Waals surface area contributed by atoms with Crippen molar-refractivity contribution in [2.75, 3.05) is 0 Å². The fourth-order valence-electron chi connectivity index (χ4n) is 1.24. The molecule has 1 heterocycles. The van der Waals surface area contributed by atoms with Crippen molar-refractivity contribution in [1.82, 2.24) is 4.57 Å². The van der Waals surface area contributed by atoms with Gasteiger partial charge in [-0.1, -0.05) is 12.1 Å². The van der Waals surface area contributed by atoms with Crippen molar-refractivity contribution in [3.63, 3.8) is 0 Å². The van der Waals surface area contributed by atoms with Crippen molar-refractivity contribution in [2.24, 2.45) is 7.05 Å². The summed E-state index contributed by atoms with van der Waals surface area (Å²) in [4.78, 5) is 30.6. The van der Waals surface area contributed by atoms with Crippen molar-refractivity contribution in [1.29, 1.82) is 0 Å². The van der Waals surface area contributed by atoms with E-state index in [-0.39, 0.29) is 6.47 Å². The van der Waals surface area contributed by atoms with E-state index in [1.807, 2.05) is 0 Å². The zero-order valence-corrected chi connectivity index (χ0v) is 8.41. The number of carbonyl (C=O) groups is 1. The highest BCUT2D eigenvalue weighted by molar-refractivity contribution is 5.76. The molecule has 0 atom stereocenters. The summed E-state index contributed by atoms with van der Waals surface area (Å²) >= 11 is 0. The van der Waals surface area contributed by atoms with Crippen LogP contribution in [0.4, 0.5) is 0 Å². The molecule has 0 saturated heterocycles. The highest BCUT2D eigenvalue weighted by atomic mass is 16.4. The Morgan fingerprint density at radius 1 is 1.31 bits per heavy atom. The minimum absolute atomic E-state index is 0.250. The number of nitrogens with zero attached hydrogens (tertiary/aromatic N) is 1. The topological polar surface area (TPSA) is 89.5 Å². The first-order valence-electron chi connectivity index (χ1n) is 4.28. The molecule has 0 bridgehead atoms. The Balaban J connectivity index is 0.000000386. The van der Waals surface area contributed by atoms with Gasteiger partial charge in [0.2, 0.25) is 0 Å². The van der Waals surface area contributed by atoms with Crippen LogP contribution in [0, 0.1) is 0 Å². The number of hydrogen-bond acceptors (Lipinski definition) is 4. The van der Waals surface area contributed by atoms with Crippen molar-refractivity contribution >= 4 is 17.4 Å². The average Bonchev–Trinajstić information content (AvgIpc) is 2.27. The van der Waals surface area contributed by atoms with Crippen molar-refractivity contribution in [2.45, 2.75) is 0 Å². The summed E-state index contributed by atoms with van der Waals surface area (Å²) in [7, 11) is 1.56. The molecule has 6 nitrogen and oxygen atoms in total. The van der Waals surface area contributed by atoms with E-state index in [0.717, 1.165) is 0 Å². The molecule has 1 N–H and O–H groups in total. The predicted molar refractivity (Wildman–Crippen MR) is 56.4 cm³/mol. The van der Waals surface area contributed by atoms with E-state index in [9.17, 15) is 9.59 Å². The van der Waals surface area contributed by atoms with E-state index in [1.165, 1.54) is 4.57 Å². The summed E-state index contributed by atoms with van der Waals surface area (Å²) in [5.74, 6) is -0.635. The molecule has 0 amide bonds. The lowest BCUT2D eigenvalue weighted by Gasteiger charge is -1.99. The van der Waals surface area contributed by atoms with E-state index in [4.69, 9.17) is 9.90 Å². The third-order valence-corrected chi connectivity index (χ3v) is 1.94. The van der Waals surface area contributed by atoms with Gasteiger partial charge >= 0.3 is 11.4 Å². The standard InChI is InChI=1S/C9H7NO3.CH2O2/c1-10-7-5-3-2-4-6(7)8(11)13-9(10)12;2-1-3/h2-5H,1H3;1H,(H,2,3). The Kier molecular flexibility index (Phi) is 3.60. The Labute approximate surface area is 89.4 Å². The second kappa shape index (κ2) is 4.92. The molecule has 0 fully saturated rings. The molecule has 1 aromatic heterocycles. The molecule has 0 unspecified atom stereocenters. The van der Waals surface area contributed by atoms with Gasteiger partial charge in [0.25, 0.3) is 6.47 Å². The van der Waals surface area contributed by atoms with Crippen LogP contribution in [-0.4, -0.2) is 16.1 Å². The molecule has 0 radical (unpaired) electrons. The van der Waals surface area contributed by atoms with Crippen molar-refractivity contribution in [3.8, 4) is 0 Å². The van der Waals surface area contributed by atoms with Crippen molar-refractivity contribution < 1.29 is 14.3 Å².